The second-order valence-corrected chi connectivity index (χ2v) is 8.66. The van der Waals surface area contributed by atoms with E-state index in [1.807, 2.05) is 23.1 Å². The average Bonchev–Trinajstić information content (AvgIpc) is 2.77. The van der Waals surface area contributed by atoms with Crippen molar-refractivity contribution in [3.63, 3.8) is 0 Å². The summed E-state index contributed by atoms with van der Waals surface area (Å²) in [5.74, 6) is 0.0871. The fraction of sp³-hybridized carbons (Fsp3) is 0.652. The summed E-state index contributed by atoms with van der Waals surface area (Å²) in [4.78, 5) is 31.5. The molecule has 1 aromatic rings. The number of carbonyl (C=O) groups excluding carboxylic acids is 2. The van der Waals surface area contributed by atoms with Gasteiger partial charge in [0.1, 0.15) is 0 Å². The van der Waals surface area contributed by atoms with Crippen LogP contribution in [-0.4, -0.2) is 89.7 Å². The zero-order valence-electron chi connectivity index (χ0n) is 17.6. The Hall–Kier alpha value is -1.96. The van der Waals surface area contributed by atoms with Gasteiger partial charge in [-0.05, 0) is 31.2 Å². The zero-order chi connectivity index (χ0) is 20.9. The minimum atomic E-state index is -0.210. The SMILES string of the molecule is O=C1CCCCN1CC(=O)N1CCO[C@@H](CN2CCC(O)CC2)[C@@H]1c1ccccc1. The highest BCUT2D eigenvalue weighted by Crippen LogP contribution is 2.31. The maximum absolute atomic E-state index is 13.3. The third-order valence-electron chi connectivity index (χ3n) is 6.56. The molecule has 0 unspecified atom stereocenters. The molecule has 164 valence electrons. The van der Waals surface area contributed by atoms with Gasteiger partial charge in [0.05, 0.1) is 31.4 Å². The van der Waals surface area contributed by atoms with E-state index >= 15 is 0 Å². The van der Waals surface area contributed by atoms with E-state index in [4.69, 9.17) is 4.74 Å². The number of nitrogens with zero attached hydrogens (tertiary/aromatic N) is 3. The van der Waals surface area contributed by atoms with Crippen molar-refractivity contribution in [1.82, 2.24) is 14.7 Å². The highest BCUT2D eigenvalue weighted by molar-refractivity contribution is 5.85. The molecule has 7 heteroatoms. The number of aliphatic hydroxyl groups excluding tert-OH is 1. The molecule has 2 amide bonds. The van der Waals surface area contributed by atoms with Gasteiger partial charge in [-0.1, -0.05) is 30.3 Å². The second-order valence-electron chi connectivity index (χ2n) is 8.66. The van der Waals surface area contributed by atoms with E-state index in [0.717, 1.165) is 50.9 Å². The lowest BCUT2D eigenvalue weighted by atomic mass is 9.96. The van der Waals surface area contributed by atoms with Gasteiger partial charge in [0, 0.05) is 39.1 Å². The average molecular weight is 416 g/mol. The molecule has 7 nitrogen and oxygen atoms in total. The summed E-state index contributed by atoms with van der Waals surface area (Å²) < 4.78 is 6.19. The molecule has 0 bridgehead atoms. The van der Waals surface area contributed by atoms with Gasteiger partial charge in [0.25, 0.3) is 0 Å². The number of carbonyl (C=O) groups is 2. The van der Waals surface area contributed by atoms with Gasteiger partial charge >= 0.3 is 0 Å². The van der Waals surface area contributed by atoms with Crippen LogP contribution in [0.1, 0.15) is 43.7 Å². The number of piperidine rings is 2. The predicted molar refractivity (Wildman–Crippen MR) is 113 cm³/mol. The van der Waals surface area contributed by atoms with E-state index in [-0.39, 0.29) is 36.6 Å². The van der Waals surface area contributed by atoms with E-state index in [0.29, 0.717) is 26.1 Å². The van der Waals surface area contributed by atoms with Gasteiger partial charge in [-0.15, -0.1) is 0 Å². The topological polar surface area (TPSA) is 73.3 Å². The van der Waals surface area contributed by atoms with Crippen LogP contribution >= 0.6 is 0 Å². The number of aliphatic hydroxyl groups is 1. The van der Waals surface area contributed by atoms with Gasteiger partial charge in [0.2, 0.25) is 11.8 Å². The van der Waals surface area contributed by atoms with E-state index in [1.54, 1.807) is 4.90 Å². The summed E-state index contributed by atoms with van der Waals surface area (Å²) in [7, 11) is 0. The maximum Gasteiger partial charge on any atom is 0.242 e. The lowest BCUT2D eigenvalue weighted by Crippen LogP contribution is -2.55. The van der Waals surface area contributed by atoms with E-state index in [1.165, 1.54) is 0 Å². The number of hydrogen-bond acceptors (Lipinski definition) is 5. The molecule has 3 fully saturated rings. The Bertz CT molecular complexity index is 720. The monoisotopic (exact) mass is 415 g/mol. The van der Waals surface area contributed by atoms with Crippen molar-refractivity contribution in [2.45, 2.75) is 50.4 Å². The third-order valence-corrected chi connectivity index (χ3v) is 6.56. The highest BCUT2D eigenvalue weighted by Gasteiger charge is 2.38. The Morgan fingerprint density at radius 1 is 1.07 bits per heavy atom. The van der Waals surface area contributed by atoms with E-state index in [9.17, 15) is 14.7 Å². The van der Waals surface area contributed by atoms with Crippen LogP contribution in [-0.2, 0) is 14.3 Å². The van der Waals surface area contributed by atoms with Gasteiger partial charge in [-0.25, -0.2) is 0 Å². The highest BCUT2D eigenvalue weighted by atomic mass is 16.5. The Morgan fingerprint density at radius 3 is 2.57 bits per heavy atom. The Morgan fingerprint density at radius 2 is 1.83 bits per heavy atom. The van der Waals surface area contributed by atoms with Gasteiger partial charge in [0.15, 0.2) is 0 Å². The van der Waals surface area contributed by atoms with Gasteiger partial charge in [-0.2, -0.15) is 0 Å². The summed E-state index contributed by atoms with van der Waals surface area (Å²) in [5.41, 5.74) is 1.07. The molecule has 0 spiro atoms. The molecule has 0 aromatic heterocycles. The second kappa shape index (κ2) is 9.90. The van der Waals surface area contributed by atoms with Crippen LogP contribution in [0.2, 0.25) is 0 Å². The first kappa shape index (κ1) is 21.3. The number of benzene rings is 1. The first-order chi connectivity index (χ1) is 14.6. The Balaban J connectivity index is 1.50. The number of rotatable bonds is 5. The maximum atomic E-state index is 13.3. The number of hydrogen-bond donors (Lipinski definition) is 1. The molecule has 1 aromatic carbocycles. The van der Waals surface area contributed by atoms with Crippen molar-refractivity contribution in [3.8, 4) is 0 Å². The summed E-state index contributed by atoms with van der Waals surface area (Å²) >= 11 is 0. The van der Waals surface area contributed by atoms with Crippen LogP contribution in [0, 0.1) is 0 Å². The molecule has 2 atom stereocenters. The molecular formula is C23H33N3O4. The fourth-order valence-corrected chi connectivity index (χ4v) is 4.85. The molecule has 0 saturated carbocycles. The molecule has 3 aliphatic heterocycles. The molecule has 3 heterocycles. The van der Waals surface area contributed by atoms with Crippen molar-refractivity contribution < 1.29 is 19.4 Å². The van der Waals surface area contributed by atoms with Crippen LogP contribution in [0.3, 0.4) is 0 Å². The molecule has 0 aliphatic carbocycles. The predicted octanol–water partition coefficient (Wildman–Crippen LogP) is 1.42. The summed E-state index contributed by atoms with van der Waals surface area (Å²) in [6.45, 7) is 4.30. The molecule has 3 aliphatic rings. The summed E-state index contributed by atoms with van der Waals surface area (Å²) in [6, 6.07) is 9.91. The van der Waals surface area contributed by atoms with Crippen LogP contribution < -0.4 is 0 Å². The summed E-state index contributed by atoms with van der Waals surface area (Å²) in [6.07, 6.45) is 3.65. The van der Waals surface area contributed by atoms with Crippen molar-refractivity contribution in [3.05, 3.63) is 35.9 Å². The molecule has 0 radical (unpaired) electrons. The van der Waals surface area contributed by atoms with Gasteiger partial charge < -0.3 is 24.5 Å². The first-order valence-electron chi connectivity index (χ1n) is 11.3. The van der Waals surface area contributed by atoms with Crippen molar-refractivity contribution in [2.75, 3.05) is 45.9 Å². The van der Waals surface area contributed by atoms with Crippen LogP contribution in [0.25, 0.3) is 0 Å². The molecule has 1 N–H and O–H groups in total. The minimum absolute atomic E-state index is 0.00136. The van der Waals surface area contributed by atoms with Crippen LogP contribution in [0.4, 0.5) is 0 Å². The molecular weight excluding hydrogens is 382 g/mol. The van der Waals surface area contributed by atoms with Crippen LogP contribution in [0.15, 0.2) is 30.3 Å². The van der Waals surface area contributed by atoms with Crippen molar-refractivity contribution in [2.24, 2.45) is 0 Å². The quantitative estimate of drug-likeness (QED) is 0.788. The van der Waals surface area contributed by atoms with Gasteiger partial charge in [-0.3, -0.25) is 9.59 Å². The first-order valence-corrected chi connectivity index (χ1v) is 11.3. The largest absolute Gasteiger partial charge is 0.393 e. The standard InChI is InChI=1S/C23H33N3O4/c27-19-9-12-24(13-10-19)16-20-23(18-6-2-1-3-7-18)26(14-15-30-20)22(29)17-25-11-5-4-8-21(25)28/h1-3,6-7,19-20,23,27H,4-5,8-17H2/t20-,23-/m0/s1. The van der Waals surface area contributed by atoms with E-state index in [2.05, 4.69) is 17.0 Å². The Kier molecular flexibility index (Phi) is 7.02. The van der Waals surface area contributed by atoms with E-state index < -0.39 is 0 Å². The Labute approximate surface area is 178 Å². The molecule has 3 saturated heterocycles. The normalized spacial score (nSPS) is 26.8. The molecule has 30 heavy (non-hydrogen) atoms. The molecule has 4 rings (SSSR count). The third kappa shape index (κ3) is 5.02. The number of likely N-dealkylation sites (tertiary alicyclic amines) is 2. The smallest absolute Gasteiger partial charge is 0.242 e. The number of amides is 2. The zero-order valence-corrected chi connectivity index (χ0v) is 17.6. The summed E-state index contributed by atoms with van der Waals surface area (Å²) in [5, 5.41) is 9.81. The minimum Gasteiger partial charge on any atom is -0.393 e. The van der Waals surface area contributed by atoms with Crippen molar-refractivity contribution in [1.29, 1.82) is 0 Å². The van der Waals surface area contributed by atoms with Crippen LogP contribution in [0.5, 0.6) is 0 Å². The lowest BCUT2D eigenvalue weighted by Gasteiger charge is -2.44. The number of morpholine rings is 1. The lowest BCUT2D eigenvalue weighted by molar-refractivity contribution is -0.153. The van der Waals surface area contributed by atoms with Crippen molar-refractivity contribution >= 4 is 11.8 Å². The number of ether oxygens (including phenoxy) is 1. The fourth-order valence-electron chi connectivity index (χ4n) is 4.85.